The van der Waals surface area contributed by atoms with E-state index in [9.17, 15) is 9.18 Å². The summed E-state index contributed by atoms with van der Waals surface area (Å²) in [6, 6.07) is 16.3. The highest BCUT2D eigenvalue weighted by atomic mass is 35.5. The van der Waals surface area contributed by atoms with E-state index >= 15 is 0 Å². The third kappa shape index (κ3) is 6.10. The summed E-state index contributed by atoms with van der Waals surface area (Å²) in [5, 5.41) is 0.944. The van der Waals surface area contributed by atoms with Gasteiger partial charge in [0.25, 0.3) is 0 Å². The first-order valence-corrected chi connectivity index (χ1v) is 11.8. The van der Waals surface area contributed by atoms with E-state index in [1.807, 2.05) is 41.3 Å². The number of benzene rings is 2. The highest BCUT2D eigenvalue weighted by Gasteiger charge is 2.39. The van der Waals surface area contributed by atoms with Gasteiger partial charge < -0.3 is 9.64 Å². The first-order chi connectivity index (χ1) is 15.1. The molecule has 2 heterocycles. The van der Waals surface area contributed by atoms with Crippen LogP contribution in [0.15, 0.2) is 64.5 Å². The predicted molar refractivity (Wildman–Crippen MR) is 124 cm³/mol. The van der Waals surface area contributed by atoms with Crippen LogP contribution in [0.1, 0.15) is 12.0 Å². The van der Waals surface area contributed by atoms with Crippen molar-refractivity contribution >= 4 is 35.3 Å². The van der Waals surface area contributed by atoms with E-state index in [1.165, 1.54) is 12.1 Å². The lowest BCUT2D eigenvalue weighted by molar-refractivity contribution is -0.139. The Morgan fingerprint density at radius 3 is 2.55 bits per heavy atom. The summed E-state index contributed by atoms with van der Waals surface area (Å²) in [6.07, 6.45) is 2.70. The van der Waals surface area contributed by atoms with Gasteiger partial charge in [-0.1, -0.05) is 41.9 Å². The Bertz CT molecular complexity index is 904. The van der Waals surface area contributed by atoms with Gasteiger partial charge in [-0.3, -0.25) is 9.69 Å². The van der Waals surface area contributed by atoms with Crippen molar-refractivity contribution in [3.63, 3.8) is 0 Å². The van der Waals surface area contributed by atoms with Crippen LogP contribution in [0.2, 0.25) is 0 Å². The smallest absolute Gasteiger partial charge is 0.240 e. The van der Waals surface area contributed by atoms with Crippen LogP contribution in [-0.2, 0) is 9.53 Å². The van der Waals surface area contributed by atoms with Crippen LogP contribution in [-0.4, -0.2) is 66.4 Å². The second-order valence-corrected chi connectivity index (χ2v) is 9.67. The fourth-order valence-corrected chi connectivity index (χ4v) is 5.55. The molecule has 2 aliphatic heterocycles. The summed E-state index contributed by atoms with van der Waals surface area (Å²) < 4.78 is 18.7. The summed E-state index contributed by atoms with van der Waals surface area (Å²) in [5.41, 5.74) is 1.04. The molecule has 2 atom stereocenters. The number of likely N-dealkylation sites (tertiary alicyclic amines) is 1. The molecule has 2 fully saturated rings. The topological polar surface area (TPSA) is 32.8 Å². The minimum absolute atomic E-state index is 0.148. The van der Waals surface area contributed by atoms with Gasteiger partial charge in [-0.25, -0.2) is 4.39 Å². The Kier molecular flexibility index (Phi) is 7.67. The molecule has 2 aliphatic rings. The molecule has 2 aromatic carbocycles. The lowest BCUT2D eigenvalue weighted by atomic mass is 10.1. The minimum Gasteiger partial charge on any atom is -0.378 e. The summed E-state index contributed by atoms with van der Waals surface area (Å²) in [6.45, 7) is 3.71. The number of carbonyl (C=O) groups excluding carboxylic acids is 1. The molecule has 0 spiro atoms. The minimum atomic E-state index is -0.240. The Morgan fingerprint density at radius 2 is 1.84 bits per heavy atom. The third-order valence-electron chi connectivity index (χ3n) is 5.57. The average Bonchev–Trinajstić information content (AvgIpc) is 3.18. The molecule has 0 aromatic heterocycles. The summed E-state index contributed by atoms with van der Waals surface area (Å²) in [7, 11) is 0. The Morgan fingerprint density at radius 1 is 1.13 bits per heavy atom. The average molecular weight is 461 g/mol. The van der Waals surface area contributed by atoms with Crippen LogP contribution in [0.3, 0.4) is 0 Å². The summed E-state index contributed by atoms with van der Waals surface area (Å²) >= 11 is 8.30. The Balaban J connectivity index is 1.48. The van der Waals surface area contributed by atoms with Gasteiger partial charge in [0.1, 0.15) is 5.82 Å². The van der Waals surface area contributed by atoms with E-state index in [4.69, 9.17) is 16.3 Å². The third-order valence-corrected chi connectivity index (χ3v) is 7.01. The zero-order valence-electron chi connectivity index (χ0n) is 17.3. The number of carbonyl (C=O) groups is 1. The van der Waals surface area contributed by atoms with Crippen molar-refractivity contribution in [3.05, 3.63) is 71.0 Å². The van der Waals surface area contributed by atoms with Crippen molar-refractivity contribution in [2.45, 2.75) is 22.6 Å². The number of ether oxygens (including phenoxy) is 1. The molecule has 0 bridgehead atoms. The maximum Gasteiger partial charge on any atom is 0.240 e. The number of hydrogen-bond acceptors (Lipinski definition) is 4. The number of nitrogens with zero attached hydrogens (tertiary/aromatic N) is 2. The Hall–Kier alpha value is -1.86. The van der Waals surface area contributed by atoms with Gasteiger partial charge in [-0.2, -0.15) is 0 Å². The first kappa shape index (κ1) is 22.3. The predicted octanol–water partition coefficient (Wildman–Crippen LogP) is 4.50. The van der Waals surface area contributed by atoms with E-state index < -0.39 is 0 Å². The molecule has 2 saturated heterocycles. The normalized spacial score (nSPS) is 22.6. The first-order valence-electron chi connectivity index (χ1n) is 10.5. The summed E-state index contributed by atoms with van der Waals surface area (Å²) in [4.78, 5) is 18.4. The van der Waals surface area contributed by atoms with Crippen molar-refractivity contribution in [2.75, 3.05) is 39.4 Å². The zero-order valence-corrected chi connectivity index (χ0v) is 18.8. The number of hydrogen-bond donors (Lipinski definition) is 0. The number of halogens is 2. The molecule has 0 aliphatic carbocycles. The van der Waals surface area contributed by atoms with Crippen molar-refractivity contribution in [2.24, 2.45) is 0 Å². The van der Waals surface area contributed by atoms with E-state index in [2.05, 4.69) is 4.90 Å². The van der Waals surface area contributed by atoms with E-state index in [0.717, 1.165) is 23.4 Å². The zero-order chi connectivity index (χ0) is 21.6. The molecule has 0 saturated carbocycles. The monoisotopic (exact) mass is 460 g/mol. The van der Waals surface area contributed by atoms with Gasteiger partial charge in [-0.15, -0.1) is 11.8 Å². The van der Waals surface area contributed by atoms with Crippen LogP contribution in [0.4, 0.5) is 4.39 Å². The maximum absolute atomic E-state index is 13.3. The quantitative estimate of drug-likeness (QED) is 0.635. The van der Waals surface area contributed by atoms with Gasteiger partial charge >= 0.3 is 0 Å². The van der Waals surface area contributed by atoms with Crippen molar-refractivity contribution in [3.8, 4) is 0 Å². The van der Waals surface area contributed by atoms with E-state index in [0.29, 0.717) is 37.9 Å². The molecule has 31 heavy (non-hydrogen) atoms. The fraction of sp³-hybridized carbons (Fsp3) is 0.375. The molecule has 0 unspecified atom stereocenters. The molecule has 4 nitrogen and oxygen atoms in total. The highest BCUT2D eigenvalue weighted by molar-refractivity contribution is 8.00. The van der Waals surface area contributed by atoms with Crippen molar-refractivity contribution in [1.82, 2.24) is 9.80 Å². The molecule has 1 amide bonds. The number of amides is 1. The molecule has 164 valence electrons. The molecule has 0 N–H and O–H groups in total. The van der Waals surface area contributed by atoms with Crippen LogP contribution < -0.4 is 0 Å². The fourth-order valence-electron chi connectivity index (χ4n) is 4.05. The van der Waals surface area contributed by atoms with E-state index in [-0.39, 0.29) is 23.0 Å². The number of thioether (sulfide) groups is 1. The van der Waals surface area contributed by atoms with Gasteiger partial charge in [0, 0.05) is 41.4 Å². The van der Waals surface area contributed by atoms with E-state index in [1.54, 1.807) is 23.9 Å². The molecule has 7 heteroatoms. The molecular weight excluding hydrogens is 435 g/mol. The van der Waals surface area contributed by atoms with Crippen LogP contribution in [0, 0.1) is 5.82 Å². The van der Waals surface area contributed by atoms with Crippen LogP contribution in [0.5, 0.6) is 0 Å². The standard InChI is InChI=1S/C24H26ClFN2O2S/c25-19(14-18-4-2-1-3-5-18)16-28-17-22(31-21-8-6-20(26)7-9-21)15-23(28)24(29)27-10-12-30-13-11-27/h1-9,14,22-23H,10-13,15-17H2/b19-14-/t22-,23+/m1/s1. The molecule has 0 radical (unpaired) electrons. The molecule has 2 aromatic rings. The van der Waals surface area contributed by atoms with Gasteiger partial charge in [0.15, 0.2) is 0 Å². The second kappa shape index (κ2) is 10.6. The largest absolute Gasteiger partial charge is 0.378 e. The van der Waals surface area contributed by atoms with Gasteiger partial charge in [-0.05, 0) is 42.3 Å². The van der Waals surface area contributed by atoms with Gasteiger partial charge in [0.05, 0.1) is 19.3 Å². The number of rotatable bonds is 6. The molecular formula is C24H26ClFN2O2S. The van der Waals surface area contributed by atoms with Crippen molar-refractivity contribution in [1.29, 1.82) is 0 Å². The lowest BCUT2D eigenvalue weighted by Gasteiger charge is -2.32. The highest BCUT2D eigenvalue weighted by Crippen LogP contribution is 2.34. The summed E-state index contributed by atoms with van der Waals surface area (Å²) in [5.74, 6) is -0.0923. The lowest BCUT2D eigenvalue weighted by Crippen LogP contribution is -2.49. The molecule has 4 rings (SSSR count). The second-order valence-electron chi connectivity index (χ2n) is 7.81. The van der Waals surface area contributed by atoms with Crippen molar-refractivity contribution < 1.29 is 13.9 Å². The van der Waals surface area contributed by atoms with Crippen LogP contribution >= 0.6 is 23.4 Å². The number of morpholine rings is 1. The Labute approximate surface area is 192 Å². The van der Waals surface area contributed by atoms with Crippen LogP contribution in [0.25, 0.3) is 6.08 Å². The maximum atomic E-state index is 13.3. The van der Waals surface area contributed by atoms with Gasteiger partial charge in [0.2, 0.25) is 5.91 Å². The SMILES string of the molecule is O=C([C@@H]1C[C@@H](Sc2ccc(F)cc2)CN1C/C(Cl)=C/c1ccccc1)N1CCOCC1.